The van der Waals surface area contributed by atoms with E-state index >= 15 is 0 Å². The number of ether oxygens (including phenoxy) is 4. The first kappa shape index (κ1) is 20.1. The number of hydrazone groups is 1. The number of carbonyl (C=O) groups excluding carboxylic acids is 1. The minimum atomic E-state index is -0.841. The van der Waals surface area contributed by atoms with Gasteiger partial charge < -0.3 is 18.9 Å². The van der Waals surface area contributed by atoms with Crippen molar-refractivity contribution in [3.8, 4) is 17.2 Å². The highest BCUT2D eigenvalue weighted by atomic mass is 16.7. The van der Waals surface area contributed by atoms with Gasteiger partial charge in [0.25, 0.3) is 0 Å². The van der Waals surface area contributed by atoms with Crippen molar-refractivity contribution in [2.24, 2.45) is 5.10 Å². The van der Waals surface area contributed by atoms with Crippen LogP contribution in [0.4, 0.5) is 10.5 Å². The van der Waals surface area contributed by atoms with Crippen molar-refractivity contribution in [3.63, 3.8) is 0 Å². The normalized spacial score (nSPS) is 11.1. The average molecular weight is 372 g/mol. The third-order valence-electron chi connectivity index (χ3n) is 3.24. The molecular formula is C20H24N2O5. The van der Waals surface area contributed by atoms with Gasteiger partial charge in [-0.15, -0.1) is 0 Å². The molecule has 0 heterocycles. The lowest BCUT2D eigenvalue weighted by molar-refractivity contribution is 0.0195. The quantitative estimate of drug-likeness (QED) is 0.349. The van der Waals surface area contributed by atoms with Crippen LogP contribution in [0.25, 0.3) is 0 Å². The molecule has 0 radical (unpaired) electrons. The van der Waals surface area contributed by atoms with Gasteiger partial charge in [0.05, 0.1) is 26.1 Å². The zero-order valence-corrected chi connectivity index (χ0v) is 16.1. The molecule has 0 fully saturated rings. The van der Waals surface area contributed by atoms with Gasteiger partial charge in [0.15, 0.2) is 11.5 Å². The summed E-state index contributed by atoms with van der Waals surface area (Å²) in [6.07, 6.45) is 0.765. The van der Waals surface area contributed by atoms with Gasteiger partial charge in [-0.1, -0.05) is 18.2 Å². The molecule has 0 aliphatic rings. The second kappa shape index (κ2) is 8.93. The maximum Gasteiger partial charge on any atom is 0.514 e. The summed E-state index contributed by atoms with van der Waals surface area (Å²) in [4.78, 5) is 12.0. The van der Waals surface area contributed by atoms with Crippen LogP contribution in [0.1, 0.15) is 26.3 Å². The van der Waals surface area contributed by atoms with Crippen LogP contribution in [0.3, 0.4) is 0 Å². The molecule has 27 heavy (non-hydrogen) atoms. The molecule has 0 atom stereocenters. The maximum absolute atomic E-state index is 12.0. The highest BCUT2D eigenvalue weighted by Gasteiger charge is 2.22. The molecule has 1 N–H and O–H groups in total. The van der Waals surface area contributed by atoms with E-state index in [0.29, 0.717) is 17.1 Å². The first-order valence-electron chi connectivity index (χ1n) is 8.33. The summed E-state index contributed by atoms with van der Waals surface area (Å²) in [5.41, 5.74) is 3.81. The van der Waals surface area contributed by atoms with Gasteiger partial charge in [-0.2, -0.15) is 5.10 Å². The molecule has 0 amide bonds. The zero-order valence-electron chi connectivity index (χ0n) is 16.1. The van der Waals surface area contributed by atoms with E-state index in [0.717, 1.165) is 5.69 Å². The fraction of sp³-hybridized carbons (Fsp3) is 0.300. The van der Waals surface area contributed by atoms with Gasteiger partial charge >= 0.3 is 6.16 Å². The standard InChI is InChI=1S/C20H24N2O5/c1-20(2,3)27-19(23)26-18-16(24-4)11-14(12-17(18)25-5)13-21-22-15-9-7-6-8-10-15/h6-13,22H,1-5H3. The van der Waals surface area contributed by atoms with E-state index in [1.165, 1.54) is 14.2 Å². The van der Waals surface area contributed by atoms with Crippen LogP contribution in [-0.4, -0.2) is 32.2 Å². The van der Waals surface area contributed by atoms with Crippen LogP contribution in [-0.2, 0) is 4.74 Å². The molecule has 2 aromatic rings. The molecule has 0 bridgehead atoms. The Hall–Kier alpha value is -3.22. The number of rotatable bonds is 6. The maximum atomic E-state index is 12.0. The van der Waals surface area contributed by atoms with Crippen molar-refractivity contribution in [3.05, 3.63) is 48.0 Å². The van der Waals surface area contributed by atoms with Crippen LogP contribution >= 0.6 is 0 Å². The molecule has 7 heteroatoms. The number of anilines is 1. The van der Waals surface area contributed by atoms with Crippen LogP contribution in [0.2, 0.25) is 0 Å². The summed E-state index contributed by atoms with van der Waals surface area (Å²) in [5, 5.41) is 4.18. The Bertz CT molecular complexity index is 773. The molecule has 2 rings (SSSR count). The highest BCUT2D eigenvalue weighted by molar-refractivity contribution is 5.83. The van der Waals surface area contributed by atoms with Gasteiger partial charge in [-0.05, 0) is 45.0 Å². The molecule has 0 aromatic heterocycles. The molecule has 0 saturated carbocycles. The van der Waals surface area contributed by atoms with Crippen molar-refractivity contribution in [2.75, 3.05) is 19.6 Å². The third-order valence-corrected chi connectivity index (χ3v) is 3.24. The van der Waals surface area contributed by atoms with Crippen LogP contribution < -0.4 is 19.6 Å². The van der Waals surface area contributed by atoms with Crippen molar-refractivity contribution in [2.45, 2.75) is 26.4 Å². The minimum Gasteiger partial charge on any atom is -0.493 e. The van der Waals surface area contributed by atoms with Gasteiger partial charge in [0.1, 0.15) is 5.60 Å². The predicted octanol–water partition coefficient (Wildman–Crippen LogP) is 4.46. The Labute approximate surface area is 158 Å². The molecule has 0 aliphatic carbocycles. The van der Waals surface area contributed by atoms with Crippen LogP contribution in [0.5, 0.6) is 17.2 Å². The number of para-hydroxylation sites is 1. The highest BCUT2D eigenvalue weighted by Crippen LogP contribution is 2.38. The number of nitrogens with zero attached hydrogens (tertiary/aromatic N) is 1. The van der Waals surface area contributed by atoms with E-state index in [1.807, 2.05) is 30.3 Å². The molecule has 0 unspecified atom stereocenters. The molecule has 7 nitrogen and oxygen atoms in total. The van der Waals surface area contributed by atoms with Gasteiger partial charge in [0, 0.05) is 5.56 Å². The summed E-state index contributed by atoms with van der Waals surface area (Å²) in [5.74, 6) is 0.783. The number of hydrogen-bond donors (Lipinski definition) is 1. The Morgan fingerprint density at radius 2 is 1.63 bits per heavy atom. The van der Waals surface area contributed by atoms with Crippen molar-refractivity contribution < 1.29 is 23.7 Å². The smallest absolute Gasteiger partial charge is 0.493 e. The van der Waals surface area contributed by atoms with Crippen LogP contribution in [0.15, 0.2) is 47.6 Å². The second-order valence-electron chi connectivity index (χ2n) is 6.56. The van der Waals surface area contributed by atoms with Crippen molar-refractivity contribution in [1.82, 2.24) is 0 Å². The van der Waals surface area contributed by atoms with Crippen molar-refractivity contribution in [1.29, 1.82) is 0 Å². The topological polar surface area (TPSA) is 78.4 Å². The predicted molar refractivity (Wildman–Crippen MR) is 104 cm³/mol. The first-order chi connectivity index (χ1) is 12.8. The largest absolute Gasteiger partial charge is 0.514 e. The lowest BCUT2D eigenvalue weighted by atomic mass is 10.2. The van der Waals surface area contributed by atoms with E-state index in [-0.39, 0.29) is 5.75 Å². The summed E-state index contributed by atoms with van der Waals surface area (Å²) >= 11 is 0. The van der Waals surface area contributed by atoms with E-state index < -0.39 is 11.8 Å². The number of hydrogen-bond acceptors (Lipinski definition) is 7. The Morgan fingerprint density at radius 1 is 1.04 bits per heavy atom. The SMILES string of the molecule is COc1cc(C=NNc2ccccc2)cc(OC)c1OC(=O)OC(C)(C)C. The second-order valence-corrected chi connectivity index (χ2v) is 6.56. The lowest BCUT2D eigenvalue weighted by Gasteiger charge is -2.20. The zero-order chi connectivity index (χ0) is 19.9. The molecule has 144 valence electrons. The van der Waals surface area contributed by atoms with E-state index in [2.05, 4.69) is 10.5 Å². The van der Waals surface area contributed by atoms with E-state index in [4.69, 9.17) is 18.9 Å². The molecular weight excluding hydrogens is 348 g/mol. The third kappa shape index (κ3) is 6.22. The lowest BCUT2D eigenvalue weighted by Crippen LogP contribution is -2.26. The number of benzene rings is 2. The summed E-state index contributed by atoms with van der Waals surface area (Å²) in [6.45, 7) is 5.26. The molecule has 2 aromatic carbocycles. The summed E-state index contributed by atoms with van der Waals surface area (Å²) in [6, 6.07) is 12.9. The Balaban J connectivity index is 2.21. The Kier molecular flexibility index (Phi) is 6.65. The monoisotopic (exact) mass is 372 g/mol. The van der Waals surface area contributed by atoms with E-state index in [1.54, 1.807) is 39.1 Å². The molecule has 0 saturated heterocycles. The first-order valence-corrected chi connectivity index (χ1v) is 8.33. The fourth-order valence-electron chi connectivity index (χ4n) is 2.12. The van der Waals surface area contributed by atoms with Gasteiger partial charge in [0.2, 0.25) is 5.75 Å². The summed E-state index contributed by atoms with van der Waals surface area (Å²) in [7, 11) is 2.94. The Morgan fingerprint density at radius 3 is 2.15 bits per heavy atom. The average Bonchev–Trinajstić information content (AvgIpc) is 2.61. The molecule has 0 spiro atoms. The number of carbonyl (C=O) groups is 1. The number of methoxy groups -OCH3 is 2. The van der Waals surface area contributed by atoms with Gasteiger partial charge in [-0.3, -0.25) is 5.43 Å². The fourth-order valence-corrected chi connectivity index (χ4v) is 2.12. The summed E-state index contributed by atoms with van der Waals surface area (Å²) < 4.78 is 21.1. The van der Waals surface area contributed by atoms with E-state index in [9.17, 15) is 4.79 Å². The minimum absolute atomic E-state index is 0.141. The van der Waals surface area contributed by atoms with Crippen LogP contribution in [0, 0.1) is 0 Å². The molecule has 0 aliphatic heterocycles. The number of nitrogens with one attached hydrogen (secondary N) is 1. The van der Waals surface area contributed by atoms with Gasteiger partial charge in [-0.25, -0.2) is 4.79 Å². The van der Waals surface area contributed by atoms with Crippen molar-refractivity contribution >= 4 is 18.1 Å².